The Labute approximate surface area is 214 Å². The molecule has 0 unspecified atom stereocenters. The van der Waals surface area contributed by atoms with Crippen LogP contribution in [0, 0.1) is 13.8 Å². The van der Waals surface area contributed by atoms with Crippen molar-refractivity contribution in [2.45, 2.75) is 19.8 Å². The summed E-state index contributed by atoms with van der Waals surface area (Å²) in [6, 6.07) is 28.5. The van der Waals surface area contributed by atoms with Gasteiger partial charge in [0.25, 0.3) is 0 Å². The van der Waals surface area contributed by atoms with Gasteiger partial charge in [0.2, 0.25) is 0 Å². The Bertz CT molecular complexity index is 1480. The largest absolute Gasteiger partial charge is 0.477 e. The Hall–Kier alpha value is -4.84. The number of H-pyrrole nitrogens is 2. The minimum Gasteiger partial charge on any atom is -0.477 e. The lowest BCUT2D eigenvalue weighted by Crippen LogP contribution is -2.09. The molecule has 2 aromatic heterocycles. The Morgan fingerprint density at radius 2 is 0.946 bits per heavy atom. The second-order valence-corrected chi connectivity index (χ2v) is 9.01. The van der Waals surface area contributed by atoms with Gasteiger partial charge in [0.05, 0.1) is 5.92 Å². The van der Waals surface area contributed by atoms with E-state index in [0.29, 0.717) is 22.5 Å². The lowest BCUT2D eigenvalue weighted by atomic mass is 9.86. The van der Waals surface area contributed by atoms with Crippen molar-refractivity contribution in [2.24, 2.45) is 0 Å². The van der Waals surface area contributed by atoms with Crippen molar-refractivity contribution < 1.29 is 19.8 Å². The number of nitrogens with one attached hydrogen (secondary N) is 2. The standard InChI is InChI=1S/C31H26N2O4/c1-18-23(20-12-6-3-7-13-20)28(30(34)35)32-26(18)25(22-16-10-5-11-17-22)27-19(2)24(29(33-27)31(36)37)21-14-8-4-9-15-21/h3-17,25,32-33H,1-2H3,(H,34,35)(H,36,37). The molecule has 0 aliphatic carbocycles. The fraction of sp³-hybridized carbons (Fsp3) is 0.0968. The molecule has 0 aliphatic heterocycles. The summed E-state index contributed by atoms with van der Waals surface area (Å²) in [7, 11) is 0. The highest BCUT2D eigenvalue weighted by atomic mass is 16.4. The van der Waals surface area contributed by atoms with Gasteiger partial charge in [-0.3, -0.25) is 0 Å². The molecule has 0 amide bonds. The quantitative estimate of drug-likeness (QED) is 0.200. The topological polar surface area (TPSA) is 106 Å². The Kier molecular flexibility index (Phi) is 6.24. The predicted molar refractivity (Wildman–Crippen MR) is 143 cm³/mol. The molecule has 184 valence electrons. The number of hydrogen-bond acceptors (Lipinski definition) is 2. The number of carbonyl (C=O) groups is 2. The number of aromatic nitrogens is 2. The summed E-state index contributed by atoms with van der Waals surface area (Å²) in [6.45, 7) is 3.82. The van der Waals surface area contributed by atoms with Crippen molar-refractivity contribution in [2.75, 3.05) is 0 Å². The van der Waals surface area contributed by atoms with Gasteiger partial charge in [-0.25, -0.2) is 9.59 Å². The van der Waals surface area contributed by atoms with E-state index in [1.807, 2.05) is 105 Å². The maximum Gasteiger partial charge on any atom is 0.352 e. The highest BCUT2D eigenvalue weighted by molar-refractivity contribution is 5.97. The van der Waals surface area contributed by atoms with Crippen molar-refractivity contribution in [3.05, 3.63) is 130 Å². The maximum absolute atomic E-state index is 12.3. The third-order valence-corrected chi connectivity index (χ3v) is 6.84. The van der Waals surface area contributed by atoms with Crippen molar-refractivity contribution in [3.63, 3.8) is 0 Å². The molecule has 0 spiro atoms. The SMILES string of the molecule is Cc1c(C(c2ccccc2)c2[nH]c(C(=O)O)c(-c3ccccc3)c2C)[nH]c(C(=O)O)c1-c1ccccc1. The molecule has 5 rings (SSSR count). The minimum atomic E-state index is -1.06. The number of rotatable bonds is 7. The molecule has 3 aromatic carbocycles. The molecule has 0 atom stereocenters. The molecular weight excluding hydrogens is 464 g/mol. The number of hydrogen-bond donors (Lipinski definition) is 4. The van der Waals surface area contributed by atoms with E-state index in [0.717, 1.165) is 27.8 Å². The second kappa shape index (κ2) is 9.66. The van der Waals surface area contributed by atoms with Gasteiger partial charge in [0.1, 0.15) is 11.4 Å². The first-order valence-corrected chi connectivity index (χ1v) is 12.0. The Balaban J connectivity index is 1.81. The van der Waals surface area contributed by atoms with Crippen molar-refractivity contribution in [1.82, 2.24) is 9.97 Å². The number of aromatic carboxylic acids is 2. The molecular formula is C31H26N2O4. The van der Waals surface area contributed by atoms with Gasteiger partial charge in [0.15, 0.2) is 0 Å². The number of benzene rings is 3. The van der Waals surface area contributed by atoms with Crippen LogP contribution in [0.2, 0.25) is 0 Å². The molecule has 0 radical (unpaired) electrons. The first-order chi connectivity index (χ1) is 17.9. The number of carboxylic acid groups (broad SMARTS) is 2. The van der Waals surface area contributed by atoms with Crippen LogP contribution in [-0.2, 0) is 0 Å². The molecule has 6 heteroatoms. The molecule has 4 N–H and O–H groups in total. The molecule has 6 nitrogen and oxygen atoms in total. The molecule has 5 aromatic rings. The average Bonchev–Trinajstić information content (AvgIpc) is 3.44. The van der Waals surface area contributed by atoms with Crippen LogP contribution in [0.5, 0.6) is 0 Å². The molecule has 0 fully saturated rings. The zero-order valence-electron chi connectivity index (χ0n) is 20.4. The van der Waals surface area contributed by atoms with Crippen molar-refractivity contribution >= 4 is 11.9 Å². The number of carboxylic acids is 2. The minimum absolute atomic E-state index is 0.102. The van der Waals surface area contributed by atoms with E-state index in [2.05, 4.69) is 9.97 Å². The first kappa shape index (κ1) is 23.9. The third kappa shape index (κ3) is 4.23. The molecule has 0 saturated heterocycles. The Morgan fingerprint density at radius 3 is 1.30 bits per heavy atom. The van der Waals surface area contributed by atoms with E-state index < -0.39 is 17.9 Å². The zero-order chi connectivity index (χ0) is 26.1. The summed E-state index contributed by atoms with van der Waals surface area (Å²) in [5.41, 5.74) is 6.93. The Morgan fingerprint density at radius 1 is 0.595 bits per heavy atom. The van der Waals surface area contributed by atoms with Crippen LogP contribution in [-0.4, -0.2) is 32.1 Å². The molecule has 0 aliphatic rings. The highest BCUT2D eigenvalue weighted by Crippen LogP contribution is 2.42. The van der Waals surface area contributed by atoms with Crippen LogP contribution in [0.15, 0.2) is 91.0 Å². The molecule has 0 saturated carbocycles. The third-order valence-electron chi connectivity index (χ3n) is 6.84. The summed E-state index contributed by atoms with van der Waals surface area (Å²) < 4.78 is 0. The van der Waals surface area contributed by atoms with E-state index in [-0.39, 0.29) is 11.4 Å². The highest BCUT2D eigenvalue weighted by Gasteiger charge is 2.31. The molecule has 2 heterocycles. The maximum atomic E-state index is 12.3. The predicted octanol–water partition coefficient (Wildman–Crippen LogP) is 6.87. The fourth-order valence-electron chi connectivity index (χ4n) is 5.18. The van der Waals surface area contributed by atoms with Crippen LogP contribution in [0.3, 0.4) is 0 Å². The van der Waals surface area contributed by atoms with Crippen LogP contribution < -0.4 is 0 Å². The summed E-state index contributed by atoms with van der Waals surface area (Å²) in [5, 5.41) is 20.2. The average molecular weight is 491 g/mol. The first-order valence-electron chi connectivity index (χ1n) is 12.0. The second-order valence-electron chi connectivity index (χ2n) is 9.01. The summed E-state index contributed by atoms with van der Waals surface area (Å²) in [6.07, 6.45) is 0. The summed E-state index contributed by atoms with van der Waals surface area (Å²) >= 11 is 0. The van der Waals surface area contributed by atoms with Crippen LogP contribution in [0.25, 0.3) is 22.3 Å². The van der Waals surface area contributed by atoms with Gasteiger partial charge in [-0.15, -0.1) is 0 Å². The van der Waals surface area contributed by atoms with Gasteiger partial charge in [-0.05, 0) is 41.7 Å². The normalized spacial score (nSPS) is 11.1. The fourth-order valence-corrected chi connectivity index (χ4v) is 5.18. The van der Waals surface area contributed by atoms with Crippen LogP contribution in [0.4, 0.5) is 0 Å². The smallest absolute Gasteiger partial charge is 0.352 e. The van der Waals surface area contributed by atoms with Crippen molar-refractivity contribution in [1.29, 1.82) is 0 Å². The monoisotopic (exact) mass is 490 g/mol. The van der Waals surface area contributed by atoms with Gasteiger partial charge < -0.3 is 20.2 Å². The van der Waals surface area contributed by atoms with E-state index in [1.165, 1.54) is 0 Å². The van der Waals surface area contributed by atoms with Crippen molar-refractivity contribution in [3.8, 4) is 22.3 Å². The van der Waals surface area contributed by atoms with E-state index in [9.17, 15) is 19.8 Å². The van der Waals surface area contributed by atoms with Gasteiger partial charge in [-0.2, -0.15) is 0 Å². The molecule has 37 heavy (non-hydrogen) atoms. The summed E-state index contributed by atoms with van der Waals surface area (Å²) in [5.74, 6) is -2.56. The van der Waals surface area contributed by atoms with E-state index in [4.69, 9.17) is 0 Å². The van der Waals surface area contributed by atoms with E-state index in [1.54, 1.807) is 0 Å². The lowest BCUT2D eigenvalue weighted by Gasteiger charge is -2.19. The van der Waals surface area contributed by atoms with Crippen LogP contribution >= 0.6 is 0 Å². The molecule has 0 bridgehead atoms. The summed E-state index contributed by atoms with van der Waals surface area (Å²) in [4.78, 5) is 31.1. The van der Waals surface area contributed by atoms with Crippen LogP contribution in [0.1, 0.15) is 55.0 Å². The number of aromatic amines is 2. The zero-order valence-corrected chi connectivity index (χ0v) is 20.4. The lowest BCUT2D eigenvalue weighted by molar-refractivity contribution is 0.0681. The van der Waals surface area contributed by atoms with Gasteiger partial charge in [0, 0.05) is 22.5 Å². The van der Waals surface area contributed by atoms with Gasteiger partial charge >= 0.3 is 11.9 Å². The van der Waals surface area contributed by atoms with Gasteiger partial charge in [-0.1, -0.05) is 91.0 Å². The van der Waals surface area contributed by atoms with E-state index >= 15 is 0 Å².